The summed E-state index contributed by atoms with van der Waals surface area (Å²) in [7, 11) is 0. The summed E-state index contributed by atoms with van der Waals surface area (Å²) in [6.07, 6.45) is 2.23. The topological polar surface area (TPSA) is 58.4 Å². The Bertz CT molecular complexity index is 424. The molecule has 1 fully saturated rings. The Labute approximate surface area is 116 Å². The SMILES string of the molecule is NCC1CCCN1CC(=O)Nc1ccccc1Br. The number of para-hydroxylation sites is 1. The second kappa shape index (κ2) is 6.31. The minimum absolute atomic E-state index is 0.0160. The van der Waals surface area contributed by atoms with E-state index in [9.17, 15) is 4.79 Å². The largest absolute Gasteiger partial charge is 0.329 e. The number of nitrogens with two attached hydrogens (primary N) is 1. The first-order valence-corrected chi connectivity index (χ1v) is 6.98. The summed E-state index contributed by atoms with van der Waals surface area (Å²) < 4.78 is 0.898. The van der Waals surface area contributed by atoms with Crippen LogP contribution in [0.4, 0.5) is 5.69 Å². The molecule has 4 nitrogen and oxygen atoms in total. The smallest absolute Gasteiger partial charge is 0.238 e. The zero-order valence-electron chi connectivity index (χ0n) is 10.2. The third kappa shape index (κ3) is 3.31. The van der Waals surface area contributed by atoms with Crippen LogP contribution in [0.3, 0.4) is 0 Å². The van der Waals surface area contributed by atoms with Crippen LogP contribution >= 0.6 is 15.9 Å². The van der Waals surface area contributed by atoms with Gasteiger partial charge in [-0.1, -0.05) is 12.1 Å². The molecular formula is C13H18BrN3O. The number of hydrogen-bond acceptors (Lipinski definition) is 3. The monoisotopic (exact) mass is 311 g/mol. The van der Waals surface area contributed by atoms with E-state index in [-0.39, 0.29) is 5.91 Å². The zero-order chi connectivity index (χ0) is 13.0. The summed E-state index contributed by atoms with van der Waals surface area (Å²) in [6, 6.07) is 7.97. The minimum Gasteiger partial charge on any atom is -0.329 e. The average Bonchev–Trinajstić information content (AvgIpc) is 2.79. The Morgan fingerprint density at radius 3 is 3.00 bits per heavy atom. The molecule has 1 aliphatic rings. The van der Waals surface area contributed by atoms with Crippen LogP contribution in [0.1, 0.15) is 12.8 Å². The van der Waals surface area contributed by atoms with Gasteiger partial charge in [-0.3, -0.25) is 9.69 Å². The average molecular weight is 312 g/mol. The van der Waals surface area contributed by atoms with E-state index in [1.807, 2.05) is 24.3 Å². The highest BCUT2D eigenvalue weighted by molar-refractivity contribution is 9.10. The summed E-state index contributed by atoms with van der Waals surface area (Å²) in [5.41, 5.74) is 6.51. The highest BCUT2D eigenvalue weighted by Crippen LogP contribution is 2.21. The van der Waals surface area contributed by atoms with Crippen molar-refractivity contribution in [1.82, 2.24) is 4.90 Å². The number of likely N-dealkylation sites (tertiary alicyclic amines) is 1. The number of halogens is 1. The lowest BCUT2D eigenvalue weighted by molar-refractivity contribution is -0.117. The Kier molecular flexibility index (Phi) is 4.74. The Morgan fingerprint density at radius 2 is 2.28 bits per heavy atom. The van der Waals surface area contributed by atoms with Crippen molar-refractivity contribution in [2.45, 2.75) is 18.9 Å². The molecule has 1 atom stereocenters. The van der Waals surface area contributed by atoms with Crippen molar-refractivity contribution >= 4 is 27.5 Å². The van der Waals surface area contributed by atoms with E-state index < -0.39 is 0 Å². The zero-order valence-corrected chi connectivity index (χ0v) is 11.8. The maximum atomic E-state index is 12.0. The molecule has 0 radical (unpaired) electrons. The third-order valence-corrected chi connectivity index (χ3v) is 3.96. The fraction of sp³-hybridized carbons (Fsp3) is 0.462. The van der Waals surface area contributed by atoms with Gasteiger partial charge in [0.25, 0.3) is 0 Å². The van der Waals surface area contributed by atoms with Crippen molar-refractivity contribution < 1.29 is 4.79 Å². The number of nitrogens with zero attached hydrogens (tertiary/aromatic N) is 1. The van der Waals surface area contributed by atoms with Crippen molar-refractivity contribution in [3.05, 3.63) is 28.7 Å². The van der Waals surface area contributed by atoms with E-state index in [1.54, 1.807) is 0 Å². The van der Waals surface area contributed by atoms with E-state index >= 15 is 0 Å². The van der Waals surface area contributed by atoms with Gasteiger partial charge >= 0.3 is 0 Å². The second-order valence-corrected chi connectivity index (χ2v) is 5.38. The number of nitrogens with one attached hydrogen (secondary N) is 1. The van der Waals surface area contributed by atoms with Gasteiger partial charge in [0.2, 0.25) is 5.91 Å². The number of carbonyl (C=O) groups is 1. The molecule has 1 aromatic carbocycles. The fourth-order valence-electron chi connectivity index (χ4n) is 2.31. The van der Waals surface area contributed by atoms with Crippen LogP contribution in [0.5, 0.6) is 0 Å². The highest BCUT2D eigenvalue weighted by atomic mass is 79.9. The van der Waals surface area contributed by atoms with Gasteiger partial charge in [-0.2, -0.15) is 0 Å². The molecule has 2 rings (SSSR count). The summed E-state index contributed by atoms with van der Waals surface area (Å²) in [5.74, 6) is 0.0160. The molecule has 18 heavy (non-hydrogen) atoms. The van der Waals surface area contributed by atoms with Crippen molar-refractivity contribution in [1.29, 1.82) is 0 Å². The number of amides is 1. The molecule has 1 amide bonds. The molecule has 1 aliphatic heterocycles. The van der Waals surface area contributed by atoms with Crippen LogP contribution in [0.25, 0.3) is 0 Å². The molecule has 0 spiro atoms. The standard InChI is InChI=1S/C13H18BrN3O/c14-11-5-1-2-6-12(11)16-13(18)9-17-7-3-4-10(17)8-15/h1-2,5-6,10H,3-4,7-9,15H2,(H,16,18). The molecule has 5 heteroatoms. The Hall–Kier alpha value is -0.910. The first kappa shape index (κ1) is 13.5. The van der Waals surface area contributed by atoms with Gasteiger partial charge in [0.15, 0.2) is 0 Å². The number of anilines is 1. The van der Waals surface area contributed by atoms with Crippen molar-refractivity contribution in [3.8, 4) is 0 Å². The van der Waals surface area contributed by atoms with Crippen molar-refractivity contribution in [3.63, 3.8) is 0 Å². The molecule has 1 aromatic rings. The first-order valence-electron chi connectivity index (χ1n) is 6.19. The van der Waals surface area contributed by atoms with Crippen molar-refractivity contribution in [2.75, 3.05) is 25.0 Å². The predicted octanol–water partition coefficient (Wildman–Crippen LogP) is 1.81. The van der Waals surface area contributed by atoms with E-state index in [4.69, 9.17) is 5.73 Å². The van der Waals surface area contributed by atoms with E-state index in [0.29, 0.717) is 19.1 Å². The van der Waals surface area contributed by atoms with Gasteiger partial charge in [0.05, 0.1) is 12.2 Å². The molecule has 0 aromatic heterocycles. The molecule has 0 bridgehead atoms. The number of hydrogen-bond donors (Lipinski definition) is 2. The van der Waals surface area contributed by atoms with Crippen LogP contribution in [0, 0.1) is 0 Å². The summed E-state index contributed by atoms with van der Waals surface area (Å²) in [6.45, 7) is 2.01. The van der Waals surface area contributed by atoms with Crippen LogP contribution in [0.15, 0.2) is 28.7 Å². The molecule has 98 valence electrons. The number of rotatable bonds is 4. The summed E-state index contributed by atoms with van der Waals surface area (Å²) in [5, 5.41) is 2.91. The van der Waals surface area contributed by atoms with Crippen LogP contribution in [-0.4, -0.2) is 36.5 Å². The lowest BCUT2D eigenvalue weighted by Gasteiger charge is -2.22. The number of benzene rings is 1. The van der Waals surface area contributed by atoms with Crippen LogP contribution in [0.2, 0.25) is 0 Å². The van der Waals surface area contributed by atoms with Gasteiger partial charge in [0.1, 0.15) is 0 Å². The molecule has 3 N–H and O–H groups in total. The summed E-state index contributed by atoms with van der Waals surface area (Å²) >= 11 is 3.41. The lowest BCUT2D eigenvalue weighted by Crippen LogP contribution is -2.40. The quantitative estimate of drug-likeness (QED) is 0.891. The molecule has 0 saturated carbocycles. The lowest BCUT2D eigenvalue weighted by atomic mass is 10.2. The van der Waals surface area contributed by atoms with E-state index in [2.05, 4.69) is 26.1 Å². The van der Waals surface area contributed by atoms with Crippen LogP contribution < -0.4 is 11.1 Å². The normalized spacial score (nSPS) is 20.0. The summed E-state index contributed by atoms with van der Waals surface area (Å²) in [4.78, 5) is 14.1. The van der Waals surface area contributed by atoms with Gasteiger partial charge in [0, 0.05) is 17.1 Å². The van der Waals surface area contributed by atoms with E-state index in [1.165, 1.54) is 0 Å². The minimum atomic E-state index is 0.0160. The van der Waals surface area contributed by atoms with E-state index in [0.717, 1.165) is 29.5 Å². The fourth-order valence-corrected chi connectivity index (χ4v) is 2.69. The maximum Gasteiger partial charge on any atom is 0.238 e. The second-order valence-electron chi connectivity index (χ2n) is 4.53. The predicted molar refractivity (Wildman–Crippen MR) is 76.4 cm³/mol. The molecule has 0 aliphatic carbocycles. The Balaban J connectivity index is 1.91. The highest BCUT2D eigenvalue weighted by Gasteiger charge is 2.24. The van der Waals surface area contributed by atoms with Gasteiger partial charge < -0.3 is 11.1 Å². The van der Waals surface area contributed by atoms with Crippen molar-refractivity contribution in [2.24, 2.45) is 5.73 Å². The Morgan fingerprint density at radius 1 is 1.50 bits per heavy atom. The van der Waals surface area contributed by atoms with Gasteiger partial charge in [-0.05, 0) is 47.4 Å². The molecule has 1 heterocycles. The molecule has 1 saturated heterocycles. The maximum absolute atomic E-state index is 12.0. The van der Waals surface area contributed by atoms with Gasteiger partial charge in [-0.15, -0.1) is 0 Å². The third-order valence-electron chi connectivity index (χ3n) is 3.27. The molecular weight excluding hydrogens is 294 g/mol. The van der Waals surface area contributed by atoms with Crippen LogP contribution in [-0.2, 0) is 4.79 Å². The molecule has 1 unspecified atom stereocenters. The number of carbonyl (C=O) groups excluding carboxylic acids is 1. The first-order chi connectivity index (χ1) is 8.70. The van der Waals surface area contributed by atoms with Gasteiger partial charge in [-0.25, -0.2) is 0 Å².